The Bertz CT molecular complexity index is 528. The number of benzene rings is 1. The van der Waals surface area contributed by atoms with Gasteiger partial charge >= 0.3 is 0 Å². The largest absolute Gasteiger partial charge is 0.325 e. The fraction of sp³-hybridized carbons (Fsp3) is 0.611. The predicted octanol–water partition coefficient (Wildman–Crippen LogP) is 2.43. The summed E-state index contributed by atoms with van der Waals surface area (Å²) in [6.07, 6.45) is 2.60. The van der Waals surface area contributed by atoms with E-state index in [1.54, 1.807) is 0 Å². The zero-order chi connectivity index (χ0) is 16.8. The average molecular weight is 432 g/mol. The third-order valence-corrected chi connectivity index (χ3v) is 5.46. The van der Waals surface area contributed by atoms with Gasteiger partial charge in [0.15, 0.2) is 0 Å². The summed E-state index contributed by atoms with van der Waals surface area (Å²) in [4.78, 5) is 17.0. The van der Waals surface area contributed by atoms with E-state index in [4.69, 9.17) is 0 Å². The molecule has 2 fully saturated rings. The van der Waals surface area contributed by atoms with Gasteiger partial charge in [-0.15, -0.1) is 12.4 Å². The molecule has 2 aliphatic rings. The van der Waals surface area contributed by atoms with Crippen molar-refractivity contribution in [2.45, 2.75) is 12.8 Å². The number of rotatable bonds is 5. The van der Waals surface area contributed by atoms with Crippen molar-refractivity contribution in [3.8, 4) is 0 Å². The van der Waals surface area contributed by atoms with Gasteiger partial charge in [-0.25, -0.2) is 0 Å². The molecule has 3 rings (SSSR count). The summed E-state index contributed by atoms with van der Waals surface area (Å²) < 4.78 is 1.02. The molecule has 0 aromatic heterocycles. The summed E-state index contributed by atoms with van der Waals surface area (Å²) in [6, 6.07) is 7.71. The maximum Gasteiger partial charge on any atom is 0.238 e. The van der Waals surface area contributed by atoms with E-state index in [1.807, 2.05) is 24.3 Å². The maximum absolute atomic E-state index is 12.2. The number of amides is 1. The summed E-state index contributed by atoms with van der Waals surface area (Å²) >= 11 is 3.40. The van der Waals surface area contributed by atoms with Gasteiger partial charge < -0.3 is 15.5 Å². The first-order valence-electron chi connectivity index (χ1n) is 8.90. The van der Waals surface area contributed by atoms with Crippen LogP contribution in [0.3, 0.4) is 0 Å². The number of piperidine rings is 1. The highest BCUT2D eigenvalue weighted by Gasteiger charge is 2.22. The second kappa shape index (κ2) is 10.5. The van der Waals surface area contributed by atoms with Gasteiger partial charge in [-0.05, 0) is 56.1 Å². The molecule has 1 aromatic rings. The van der Waals surface area contributed by atoms with Crippen molar-refractivity contribution in [3.05, 3.63) is 28.7 Å². The standard InChI is InChI=1S/C18H27BrN4O.ClH/c19-16-1-3-17(4-2-16)21-18(24)14-23-11-9-22(10-12-23)13-15-5-7-20-8-6-15;/h1-4,15,20H,5-14H2,(H,21,24);1H. The van der Waals surface area contributed by atoms with E-state index in [9.17, 15) is 4.79 Å². The molecule has 2 heterocycles. The molecule has 25 heavy (non-hydrogen) atoms. The molecule has 0 spiro atoms. The van der Waals surface area contributed by atoms with Crippen LogP contribution in [0.4, 0.5) is 5.69 Å². The molecule has 1 amide bonds. The molecule has 0 aliphatic carbocycles. The van der Waals surface area contributed by atoms with E-state index in [0.717, 1.165) is 42.3 Å². The summed E-state index contributed by atoms with van der Waals surface area (Å²) in [7, 11) is 0. The minimum absolute atomic E-state index is 0. The quantitative estimate of drug-likeness (QED) is 0.752. The van der Waals surface area contributed by atoms with E-state index in [0.29, 0.717) is 6.54 Å². The average Bonchev–Trinajstić information content (AvgIpc) is 2.60. The molecule has 0 bridgehead atoms. The van der Waals surface area contributed by atoms with Crippen molar-refractivity contribution in [3.63, 3.8) is 0 Å². The van der Waals surface area contributed by atoms with Crippen LogP contribution in [0, 0.1) is 5.92 Å². The third kappa shape index (κ3) is 6.87. The number of piperazine rings is 1. The maximum atomic E-state index is 12.2. The van der Waals surface area contributed by atoms with Gasteiger partial charge in [-0.1, -0.05) is 15.9 Å². The Kier molecular flexibility index (Phi) is 8.66. The number of anilines is 1. The van der Waals surface area contributed by atoms with Crippen LogP contribution in [0.15, 0.2) is 28.7 Å². The normalized spacial score (nSPS) is 20.0. The number of halogens is 2. The Morgan fingerprint density at radius 3 is 2.32 bits per heavy atom. The lowest BCUT2D eigenvalue weighted by molar-refractivity contribution is -0.117. The lowest BCUT2D eigenvalue weighted by atomic mass is 9.97. The summed E-state index contributed by atoms with van der Waals surface area (Å²) in [5, 5.41) is 6.40. The van der Waals surface area contributed by atoms with Gasteiger partial charge in [0.25, 0.3) is 0 Å². The van der Waals surface area contributed by atoms with E-state index in [1.165, 1.54) is 32.5 Å². The predicted molar refractivity (Wildman–Crippen MR) is 108 cm³/mol. The number of carbonyl (C=O) groups excluding carboxylic acids is 1. The molecule has 2 aliphatic heterocycles. The van der Waals surface area contributed by atoms with Crippen molar-refractivity contribution in [2.75, 3.05) is 57.7 Å². The van der Waals surface area contributed by atoms with E-state index in [-0.39, 0.29) is 18.3 Å². The molecule has 0 unspecified atom stereocenters. The Hall–Kier alpha value is -0.660. The summed E-state index contributed by atoms with van der Waals surface area (Å²) in [5.41, 5.74) is 0.854. The van der Waals surface area contributed by atoms with Crippen LogP contribution in [0.25, 0.3) is 0 Å². The summed E-state index contributed by atoms with van der Waals surface area (Å²) in [5.74, 6) is 0.919. The number of hydrogen-bond acceptors (Lipinski definition) is 4. The van der Waals surface area contributed by atoms with Crippen molar-refractivity contribution in [1.82, 2.24) is 15.1 Å². The lowest BCUT2D eigenvalue weighted by Gasteiger charge is -2.37. The molecule has 1 aromatic carbocycles. The topological polar surface area (TPSA) is 47.6 Å². The highest BCUT2D eigenvalue weighted by Crippen LogP contribution is 2.16. The van der Waals surface area contributed by atoms with Crippen LogP contribution in [0.5, 0.6) is 0 Å². The second-order valence-corrected chi connectivity index (χ2v) is 7.74. The molecule has 2 saturated heterocycles. The van der Waals surface area contributed by atoms with Gasteiger partial charge in [0.2, 0.25) is 5.91 Å². The van der Waals surface area contributed by atoms with E-state index < -0.39 is 0 Å². The van der Waals surface area contributed by atoms with Crippen LogP contribution in [-0.2, 0) is 4.79 Å². The monoisotopic (exact) mass is 430 g/mol. The summed E-state index contributed by atoms with van der Waals surface area (Å²) in [6.45, 7) is 8.17. The molecule has 0 radical (unpaired) electrons. The Balaban J connectivity index is 0.00000225. The van der Waals surface area contributed by atoms with Crippen molar-refractivity contribution in [2.24, 2.45) is 5.92 Å². The van der Waals surface area contributed by atoms with Gasteiger partial charge in [0.1, 0.15) is 0 Å². The van der Waals surface area contributed by atoms with Crippen LogP contribution < -0.4 is 10.6 Å². The highest BCUT2D eigenvalue weighted by atomic mass is 79.9. The van der Waals surface area contributed by atoms with Crippen LogP contribution in [0.2, 0.25) is 0 Å². The van der Waals surface area contributed by atoms with Crippen molar-refractivity contribution >= 4 is 39.9 Å². The minimum Gasteiger partial charge on any atom is -0.325 e. The molecular weight excluding hydrogens is 404 g/mol. The van der Waals surface area contributed by atoms with Crippen LogP contribution in [-0.4, -0.2) is 68.1 Å². The molecule has 0 atom stereocenters. The zero-order valence-corrected chi connectivity index (χ0v) is 16.9. The van der Waals surface area contributed by atoms with Crippen LogP contribution >= 0.6 is 28.3 Å². The van der Waals surface area contributed by atoms with Gasteiger partial charge in [0.05, 0.1) is 6.54 Å². The Morgan fingerprint density at radius 2 is 1.68 bits per heavy atom. The molecule has 140 valence electrons. The fourth-order valence-corrected chi connectivity index (χ4v) is 3.76. The number of hydrogen-bond donors (Lipinski definition) is 2. The number of nitrogens with one attached hydrogen (secondary N) is 2. The molecule has 2 N–H and O–H groups in total. The SMILES string of the molecule is Cl.O=C(CN1CCN(CC2CCNCC2)CC1)Nc1ccc(Br)cc1. The van der Waals surface area contributed by atoms with Crippen LogP contribution in [0.1, 0.15) is 12.8 Å². The molecule has 5 nitrogen and oxygen atoms in total. The second-order valence-electron chi connectivity index (χ2n) is 6.83. The third-order valence-electron chi connectivity index (χ3n) is 4.94. The van der Waals surface area contributed by atoms with Gasteiger partial charge in [0, 0.05) is 42.9 Å². The minimum atomic E-state index is 0. The smallest absolute Gasteiger partial charge is 0.238 e. The molecule has 7 heteroatoms. The van der Waals surface area contributed by atoms with E-state index in [2.05, 4.69) is 36.4 Å². The van der Waals surface area contributed by atoms with Crippen molar-refractivity contribution < 1.29 is 4.79 Å². The number of nitrogens with zero attached hydrogens (tertiary/aromatic N) is 2. The first-order chi connectivity index (χ1) is 11.7. The lowest BCUT2D eigenvalue weighted by Crippen LogP contribution is -2.50. The zero-order valence-electron chi connectivity index (χ0n) is 14.5. The Morgan fingerprint density at radius 1 is 1.08 bits per heavy atom. The number of carbonyl (C=O) groups is 1. The molecule has 0 saturated carbocycles. The first kappa shape index (κ1) is 20.6. The van der Waals surface area contributed by atoms with E-state index >= 15 is 0 Å². The highest BCUT2D eigenvalue weighted by molar-refractivity contribution is 9.10. The molecular formula is C18H28BrClN4O. The van der Waals surface area contributed by atoms with Crippen molar-refractivity contribution in [1.29, 1.82) is 0 Å². The Labute approximate surface area is 165 Å². The first-order valence-corrected chi connectivity index (χ1v) is 9.69. The van der Waals surface area contributed by atoms with Gasteiger partial charge in [-0.2, -0.15) is 0 Å². The van der Waals surface area contributed by atoms with Gasteiger partial charge in [-0.3, -0.25) is 9.69 Å². The fourth-order valence-electron chi connectivity index (χ4n) is 3.50.